The molecule has 1 heterocycles. The summed E-state index contributed by atoms with van der Waals surface area (Å²) in [5.41, 5.74) is 0.0855. The highest BCUT2D eigenvalue weighted by Gasteiger charge is 2.34. The summed E-state index contributed by atoms with van der Waals surface area (Å²) in [6.45, 7) is 7.45. The first kappa shape index (κ1) is 16.3. The Morgan fingerprint density at radius 2 is 2.00 bits per heavy atom. The zero-order valence-corrected chi connectivity index (χ0v) is 13.9. The summed E-state index contributed by atoms with van der Waals surface area (Å²) in [5.74, 6) is 0.747. The lowest BCUT2D eigenvalue weighted by atomic mass is 9.75. The lowest BCUT2D eigenvalue weighted by molar-refractivity contribution is -0.133. The van der Waals surface area contributed by atoms with Crippen LogP contribution >= 0.6 is 11.8 Å². The predicted octanol–water partition coefficient (Wildman–Crippen LogP) is 3.33. The second-order valence-electron chi connectivity index (χ2n) is 6.61. The van der Waals surface area contributed by atoms with Gasteiger partial charge in [-0.3, -0.25) is 4.79 Å². The third-order valence-corrected chi connectivity index (χ3v) is 5.04. The van der Waals surface area contributed by atoms with Gasteiger partial charge >= 0.3 is 5.97 Å². The van der Waals surface area contributed by atoms with Gasteiger partial charge in [0.2, 0.25) is 0 Å². The summed E-state index contributed by atoms with van der Waals surface area (Å²) in [6.07, 6.45) is 6.07. The van der Waals surface area contributed by atoms with E-state index in [-0.39, 0.29) is 11.2 Å². The molecule has 118 valence electrons. The SMILES string of the molecule is CC(C)Cn1c(SCC(=O)O)nnc1C1(C)CCCCC1. The molecule has 0 amide bonds. The van der Waals surface area contributed by atoms with Crippen LogP contribution in [0.4, 0.5) is 0 Å². The van der Waals surface area contributed by atoms with E-state index in [0.717, 1.165) is 30.4 Å². The van der Waals surface area contributed by atoms with E-state index in [0.29, 0.717) is 5.92 Å². The highest BCUT2D eigenvalue weighted by atomic mass is 32.2. The Bertz CT molecular complexity index is 493. The van der Waals surface area contributed by atoms with Crippen molar-refractivity contribution in [2.24, 2.45) is 5.92 Å². The van der Waals surface area contributed by atoms with E-state index in [1.165, 1.54) is 31.0 Å². The Labute approximate surface area is 130 Å². The molecule has 1 aliphatic carbocycles. The van der Waals surface area contributed by atoms with Gasteiger partial charge in [-0.2, -0.15) is 0 Å². The molecule has 1 aliphatic rings. The first-order valence-corrected chi connectivity index (χ1v) is 8.69. The normalized spacial score (nSPS) is 18.1. The van der Waals surface area contributed by atoms with Gasteiger partial charge < -0.3 is 9.67 Å². The summed E-state index contributed by atoms with van der Waals surface area (Å²) < 4.78 is 2.16. The van der Waals surface area contributed by atoms with Gasteiger partial charge in [0, 0.05) is 12.0 Å². The fourth-order valence-electron chi connectivity index (χ4n) is 3.05. The molecule has 0 radical (unpaired) electrons. The molecule has 6 heteroatoms. The summed E-state index contributed by atoms with van der Waals surface area (Å²) in [7, 11) is 0. The summed E-state index contributed by atoms with van der Waals surface area (Å²) >= 11 is 1.27. The van der Waals surface area contributed by atoms with Crippen molar-refractivity contribution in [1.29, 1.82) is 0 Å². The quantitative estimate of drug-likeness (QED) is 0.816. The van der Waals surface area contributed by atoms with E-state index >= 15 is 0 Å². The standard InChI is InChI=1S/C15H25N3O2S/c1-11(2)9-18-13(15(3)7-5-4-6-8-15)16-17-14(18)21-10-12(19)20/h11H,4-10H2,1-3H3,(H,19,20). The Kier molecular flexibility index (Phi) is 5.30. The van der Waals surface area contributed by atoms with Crippen LogP contribution in [0.15, 0.2) is 5.16 Å². The van der Waals surface area contributed by atoms with Crippen molar-refractivity contribution in [2.75, 3.05) is 5.75 Å². The lowest BCUT2D eigenvalue weighted by Crippen LogP contribution is -2.30. The molecular formula is C15H25N3O2S. The molecular weight excluding hydrogens is 286 g/mol. The molecule has 1 aromatic rings. The monoisotopic (exact) mass is 311 g/mol. The predicted molar refractivity (Wildman–Crippen MR) is 83.7 cm³/mol. The van der Waals surface area contributed by atoms with Gasteiger partial charge in [-0.25, -0.2) is 0 Å². The van der Waals surface area contributed by atoms with Crippen LogP contribution in [0.1, 0.15) is 58.7 Å². The van der Waals surface area contributed by atoms with Gasteiger partial charge in [0.1, 0.15) is 5.82 Å². The van der Waals surface area contributed by atoms with Gasteiger partial charge in [-0.15, -0.1) is 10.2 Å². The maximum Gasteiger partial charge on any atom is 0.313 e. The van der Waals surface area contributed by atoms with E-state index < -0.39 is 5.97 Å². The largest absolute Gasteiger partial charge is 0.481 e. The number of carbonyl (C=O) groups is 1. The maximum atomic E-state index is 10.8. The van der Waals surface area contributed by atoms with Crippen LogP contribution in [0, 0.1) is 5.92 Å². The summed E-state index contributed by atoms with van der Waals surface area (Å²) in [4.78, 5) is 10.8. The molecule has 5 nitrogen and oxygen atoms in total. The second kappa shape index (κ2) is 6.81. The van der Waals surface area contributed by atoms with Crippen LogP contribution < -0.4 is 0 Å². The number of aliphatic carboxylic acids is 1. The molecule has 0 spiro atoms. The van der Waals surface area contributed by atoms with Gasteiger partial charge in [-0.1, -0.05) is 51.8 Å². The third kappa shape index (κ3) is 3.99. The molecule has 0 aliphatic heterocycles. The lowest BCUT2D eigenvalue weighted by Gasteiger charge is -2.33. The fourth-order valence-corrected chi connectivity index (χ4v) is 3.72. The Balaban J connectivity index is 2.29. The third-order valence-electron chi connectivity index (χ3n) is 4.09. The number of hydrogen-bond donors (Lipinski definition) is 1. The van der Waals surface area contributed by atoms with E-state index in [2.05, 4.69) is 35.5 Å². The molecule has 0 saturated heterocycles. The molecule has 0 unspecified atom stereocenters. The minimum absolute atomic E-state index is 0.0347. The molecule has 1 saturated carbocycles. The number of aromatic nitrogens is 3. The second-order valence-corrected chi connectivity index (χ2v) is 7.56. The van der Waals surface area contributed by atoms with Gasteiger partial charge in [0.15, 0.2) is 5.16 Å². The van der Waals surface area contributed by atoms with E-state index in [1.54, 1.807) is 0 Å². The van der Waals surface area contributed by atoms with Gasteiger partial charge in [0.25, 0.3) is 0 Å². The van der Waals surface area contributed by atoms with Crippen molar-refractivity contribution in [3.05, 3.63) is 5.82 Å². The molecule has 1 fully saturated rings. The fraction of sp³-hybridized carbons (Fsp3) is 0.800. The Morgan fingerprint density at radius 3 is 2.57 bits per heavy atom. The van der Waals surface area contributed by atoms with Crippen molar-refractivity contribution in [3.63, 3.8) is 0 Å². The number of rotatable bonds is 6. The van der Waals surface area contributed by atoms with Crippen LogP contribution in [-0.4, -0.2) is 31.6 Å². The molecule has 0 atom stereocenters. The molecule has 0 bridgehead atoms. The number of carboxylic acid groups (broad SMARTS) is 1. The molecule has 1 aromatic heterocycles. The zero-order chi connectivity index (χ0) is 15.5. The zero-order valence-electron chi connectivity index (χ0n) is 13.1. The van der Waals surface area contributed by atoms with Crippen molar-refractivity contribution in [2.45, 2.75) is 70.0 Å². The average molecular weight is 311 g/mol. The van der Waals surface area contributed by atoms with E-state index in [4.69, 9.17) is 5.11 Å². The molecule has 1 N–H and O–H groups in total. The number of nitrogens with zero attached hydrogens (tertiary/aromatic N) is 3. The van der Waals surface area contributed by atoms with Gasteiger partial charge in [0.05, 0.1) is 5.75 Å². The van der Waals surface area contributed by atoms with E-state index in [1.807, 2.05) is 0 Å². The minimum Gasteiger partial charge on any atom is -0.481 e. The first-order valence-electron chi connectivity index (χ1n) is 7.70. The van der Waals surface area contributed by atoms with Crippen LogP contribution in [0.3, 0.4) is 0 Å². The number of thioether (sulfide) groups is 1. The molecule has 0 aromatic carbocycles. The summed E-state index contributed by atoms with van der Waals surface area (Å²) in [6, 6.07) is 0. The van der Waals surface area contributed by atoms with Crippen molar-refractivity contribution in [1.82, 2.24) is 14.8 Å². The minimum atomic E-state index is -0.815. The van der Waals surface area contributed by atoms with Crippen LogP contribution in [0.2, 0.25) is 0 Å². The van der Waals surface area contributed by atoms with Crippen molar-refractivity contribution in [3.8, 4) is 0 Å². The topological polar surface area (TPSA) is 68.0 Å². The highest BCUT2D eigenvalue weighted by Crippen LogP contribution is 2.39. The van der Waals surface area contributed by atoms with Crippen molar-refractivity contribution >= 4 is 17.7 Å². The maximum absolute atomic E-state index is 10.8. The molecule has 21 heavy (non-hydrogen) atoms. The van der Waals surface area contributed by atoms with E-state index in [9.17, 15) is 4.79 Å². The molecule has 2 rings (SSSR count). The van der Waals surface area contributed by atoms with Crippen LogP contribution in [-0.2, 0) is 16.8 Å². The first-order chi connectivity index (χ1) is 9.92. The highest BCUT2D eigenvalue weighted by molar-refractivity contribution is 7.99. The smallest absolute Gasteiger partial charge is 0.313 e. The van der Waals surface area contributed by atoms with Crippen LogP contribution in [0.25, 0.3) is 0 Å². The van der Waals surface area contributed by atoms with Gasteiger partial charge in [-0.05, 0) is 18.8 Å². The van der Waals surface area contributed by atoms with Crippen LogP contribution in [0.5, 0.6) is 0 Å². The van der Waals surface area contributed by atoms with Crippen molar-refractivity contribution < 1.29 is 9.90 Å². The number of carboxylic acids is 1. The average Bonchev–Trinajstić information content (AvgIpc) is 2.80. The Morgan fingerprint density at radius 1 is 1.33 bits per heavy atom. The Hall–Kier alpha value is -1.04. The number of hydrogen-bond acceptors (Lipinski definition) is 4. The summed E-state index contributed by atoms with van der Waals surface area (Å²) in [5, 5.41) is 18.3.